The van der Waals surface area contributed by atoms with E-state index in [0.717, 1.165) is 51.4 Å². The van der Waals surface area contributed by atoms with Gasteiger partial charge in [0.2, 0.25) is 0 Å². The van der Waals surface area contributed by atoms with E-state index in [0.29, 0.717) is 13.1 Å². The van der Waals surface area contributed by atoms with Gasteiger partial charge in [0.1, 0.15) is 16.5 Å². The zero-order valence-electron chi connectivity index (χ0n) is 27.6. The Balaban J connectivity index is 0. The van der Waals surface area contributed by atoms with E-state index >= 15 is 0 Å². The number of nitrogens with two attached hydrogens (primary N) is 1. The number of rotatable bonds is 8. The van der Waals surface area contributed by atoms with Crippen LogP contribution in [-0.4, -0.2) is 85.6 Å². The third kappa shape index (κ3) is 22.4. The highest BCUT2D eigenvalue weighted by Gasteiger charge is 2.33. The Morgan fingerprint density at radius 1 is 0.705 bits per heavy atom. The van der Waals surface area contributed by atoms with Crippen LogP contribution in [-0.2, 0) is 28.5 Å². The van der Waals surface area contributed by atoms with E-state index in [9.17, 15) is 19.2 Å². The maximum absolute atomic E-state index is 11.8. The van der Waals surface area contributed by atoms with Crippen molar-refractivity contribution in [1.29, 1.82) is 0 Å². The Morgan fingerprint density at radius 3 is 1.48 bits per heavy atom. The maximum Gasteiger partial charge on any atom is 0.407 e. The molecule has 0 radical (unpaired) electrons. The SMILES string of the molecule is C.CC(C)(C)OC(=O)NCC1(N)CCCCC1.COC(=O)CBr.COC(=O)CNC1(CNC(=O)OC(C)(C)C)CCCCC1. The van der Waals surface area contributed by atoms with Gasteiger partial charge in [-0.25, -0.2) is 9.59 Å². The Bertz CT molecular complexity index is 841. The fourth-order valence-electron chi connectivity index (χ4n) is 4.58. The molecule has 0 spiro atoms. The number of esters is 2. The quantitative estimate of drug-likeness (QED) is 0.148. The standard InChI is InChI=1S/C15H28N2O4.C12H24N2O2.C3H5BrO2.CH4/c1-14(2,3)21-13(19)16-11-15(8-6-5-7-9-15)17-10-12(18)20-4;1-11(2,3)16-10(15)14-9-12(13)7-5-4-6-8-12;1-6-3(5)2-4;/h17H,5-11H2,1-4H3,(H,16,19);4-9,13H2,1-3H3,(H,14,15);2H2,1H3;1H4. The first-order valence-corrected chi connectivity index (χ1v) is 16.2. The average molecular weight is 698 g/mol. The van der Waals surface area contributed by atoms with Crippen molar-refractivity contribution in [2.24, 2.45) is 5.73 Å². The Morgan fingerprint density at radius 2 is 1.11 bits per heavy atom. The lowest BCUT2D eigenvalue weighted by Crippen LogP contribution is -2.56. The van der Waals surface area contributed by atoms with Crippen molar-refractivity contribution in [1.82, 2.24) is 16.0 Å². The average Bonchev–Trinajstić information content (AvgIpc) is 2.93. The van der Waals surface area contributed by atoms with E-state index in [1.54, 1.807) is 0 Å². The summed E-state index contributed by atoms with van der Waals surface area (Å²) in [5, 5.41) is 9.12. The Labute approximate surface area is 274 Å². The monoisotopic (exact) mass is 696 g/mol. The van der Waals surface area contributed by atoms with Gasteiger partial charge in [0, 0.05) is 24.2 Å². The highest BCUT2D eigenvalue weighted by atomic mass is 79.9. The van der Waals surface area contributed by atoms with Crippen LogP contribution in [0.4, 0.5) is 9.59 Å². The van der Waals surface area contributed by atoms with Crippen molar-refractivity contribution in [3.63, 3.8) is 0 Å². The van der Waals surface area contributed by atoms with E-state index in [1.807, 2.05) is 41.5 Å². The lowest BCUT2D eigenvalue weighted by Gasteiger charge is -2.38. The minimum absolute atomic E-state index is 0. The van der Waals surface area contributed by atoms with Crippen molar-refractivity contribution >= 4 is 40.1 Å². The molecule has 13 heteroatoms. The number of carbonyl (C=O) groups is 4. The first-order valence-electron chi connectivity index (χ1n) is 15.1. The van der Waals surface area contributed by atoms with Crippen LogP contribution in [0.5, 0.6) is 0 Å². The van der Waals surface area contributed by atoms with Gasteiger partial charge in [-0.3, -0.25) is 14.9 Å². The van der Waals surface area contributed by atoms with Gasteiger partial charge in [-0.1, -0.05) is 61.9 Å². The summed E-state index contributed by atoms with van der Waals surface area (Å²) >= 11 is 2.90. The molecule has 0 aromatic rings. The summed E-state index contributed by atoms with van der Waals surface area (Å²) in [6.07, 6.45) is 9.98. The van der Waals surface area contributed by atoms with Gasteiger partial charge in [-0.15, -0.1) is 0 Å². The number of alkyl carbamates (subject to hydrolysis) is 2. The number of amides is 2. The molecule has 2 fully saturated rings. The third-order valence-corrected chi connectivity index (χ3v) is 7.24. The second kappa shape index (κ2) is 21.6. The lowest BCUT2D eigenvalue weighted by atomic mass is 9.81. The molecule has 0 aromatic heterocycles. The highest BCUT2D eigenvalue weighted by Crippen LogP contribution is 2.28. The minimum Gasteiger partial charge on any atom is -0.468 e. The van der Waals surface area contributed by atoms with Crippen LogP contribution in [0.2, 0.25) is 0 Å². The molecule has 5 N–H and O–H groups in total. The third-order valence-electron chi connectivity index (χ3n) is 6.79. The van der Waals surface area contributed by atoms with Gasteiger partial charge in [0.15, 0.2) is 0 Å². The molecule has 0 heterocycles. The largest absolute Gasteiger partial charge is 0.468 e. The van der Waals surface area contributed by atoms with Gasteiger partial charge in [-0.05, 0) is 67.2 Å². The molecule has 2 aliphatic carbocycles. The van der Waals surface area contributed by atoms with E-state index in [4.69, 9.17) is 15.2 Å². The van der Waals surface area contributed by atoms with Crippen molar-refractivity contribution in [2.75, 3.05) is 39.2 Å². The van der Waals surface area contributed by atoms with Gasteiger partial charge in [0.25, 0.3) is 0 Å². The van der Waals surface area contributed by atoms with E-state index in [1.165, 1.54) is 27.1 Å². The first-order chi connectivity index (χ1) is 19.9. The highest BCUT2D eigenvalue weighted by molar-refractivity contribution is 9.09. The van der Waals surface area contributed by atoms with Crippen molar-refractivity contribution in [3.8, 4) is 0 Å². The molecule has 2 aliphatic rings. The number of ether oxygens (including phenoxy) is 4. The van der Waals surface area contributed by atoms with Gasteiger partial charge >= 0.3 is 24.1 Å². The second-order valence-electron chi connectivity index (χ2n) is 13.1. The molecule has 0 bridgehead atoms. The van der Waals surface area contributed by atoms with Crippen molar-refractivity contribution in [2.45, 2.75) is 135 Å². The van der Waals surface area contributed by atoms with Crippen molar-refractivity contribution in [3.05, 3.63) is 0 Å². The molecule has 0 atom stereocenters. The Kier molecular flexibility index (Phi) is 21.6. The number of methoxy groups -OCH3 is 2. The second-order valence-corrected chi connectivity index (χ2v) is 13.7. The molecule has 0 unspecified atom stereocenters. The van der Waals surface area contributed by atoms with Crippen LogP contribution >= 0.6 is 15.9 Å². The molecule has 0 aliphatic heterocycles. The fourth-order valence-corrected chi connectivity index (χ4v) is 4.81. The molecule has 44 heavy (non-hydrogen) atoms. The van der Waals surface area contributed by atoms with Crippen LogP contribution in [0.25, 0.3) is 0 Å². The minimum atomic E-state index is -0.511. The molecule has 0 saturated heterocycles. The summed E-state index contributed by atoms with van der Waals surface area (Å²) in [6.45, 7) is 12.2. The number of hydrogen-bond acceptors (Lipinski definition) is 10. The van der Waals surface area contributed by atoms with Crippen LogP contribution < -0.4 is 21.7 Å². The smallest absolute Gasteiger partial charge is 0.407 e. The molecule has 2 saturated carbocycles. The first kappa shape index (κ1) is 44.0. The fraction of sp³-hybridized carbons (Fsp3) is 0.871. The molecule has 12 nitrogen and oxygen atoms in total. The maximum atomic E-state index is 11.8. The van der Waals surface area contributed by atoms with Gasteiger partial charge in [-0.2, -0.15) is 0 Å². The van der Waals surface area contributed by atoms with E-state index < -0.39 is 17.3 Å². The van der Waals surface area contributed by atoms with Crippen LogP contribution in [0, 0.1) is 0 Å². The van der Waals surface area contributed by atoms with Gasteiger partial charge in [0.05, 0.1) is 20.8 Å². The van der Waals surface area contributed by atoms with E-state index in [-0.39, 0.29) is 48.4 Å². The van der Waals surface area contributed by atoms with E-state index in [2.05, 4.69) is 41.4 Å². The molecule has 2 rings (SSSR count). The lowest BCUT2D eigenvalue weighted by molar-refractivity contribution is -0.140. The summed E-state index contributed by atoms with van der Waals surface area (Å²) in [4.78, 5) is 44.5. The summed E-state index contributed by atoms with van der Waals surface area (Å²) in [5.74, 6) is -0.535. The predicted octanol–water partition coefficient (Wildman–Crippen LogP) is 5.34. The molecule has 0 aromatic carbocycles. The number of halogens is 1. The zero-order chi connectivity index (χ0) is 33.2. The topological polar surface area (TPSA) is 167 Å². The Hall–Kier alpha value is -2.12. The number of alkyl halides is 1. The summed E-state index contributed by atoms with van der Waals surface area (Å²) in [6, 6.07) is 0. The summed E-state index contributed by atoms with van der Waals surface area (Å²) < 4.78 is 19.3. The van der Waals surface area contributed by atoms with Crippen LogP contribution in [0.15, 0.2) is 0 Å². The molecule has 2 amide bonds. The summed E-state index contributed by atoms with van der Waals surface area (Å²) in [5.41, 5.74) is 4.77. The number of carbonyl (C=O) groups excluding carboxylic acids is 4. The summed E-state index contributed by atoms with van der Waals surface area (Å²) in [7, 11) is 2.72. The number of hydrogen-bond donors (Lipinski definition) is 4. The van der Waals surface area contributed by atoms with Crippen molar-refractivity contribution < 1.29 is 38.1 Å². The normalized spacial score (nSPS) is 17.0. The molecule has 260 valence electrons. The van der Waals surface area contributed by atoms with Crippen LogP contribution in [0.3, 0.4) is 0 Å². The van der Waals surface area contributed by atoms with Gasteiger partial charge < -0.3 is 35.3 Å². The predicted molar refractivity (Wildman–Crippen MR) is 177 cm³/mol. The molecular weight excluding hydrogens is 636 g/mol. The van der Waals surface area contributed by atoms with Crippen LogP contribution in [0.1, 0.15) is 113 Å². The zero-order valence-corrected chi connectivity index (χ0v) is 29.2. The number of nitrogens with one attached hydrogen (secondary N) is 3. The molecular formula is C31H61BrN4O8.